The van der Waals surface area contributed by atoms with E-state index in [-0.39, 0.29) is 5.69 Å². The van der Waals surface area contributed by atoms with Crippen LogP contribution in [-0.4, -0.2) is 28.9 Å². The number of imidazole rings is 1. The summed E-state index contributed by atoms with van der Waals surface area (Å²) < 4.78 is 5.18. The van der Waals surface area contributed by atoms with Gasteiger partial charge in [0.2, 0.25) is 0 Å². The molecule has 28 heavy (non-hydrogen) atoms. The largest absolute Gasteiger partial charge is 0.334 e. The molecule has 0 spiro atoms. The Labute approximate surface area is 160 Å². The summed E-state index contributed by atoms with van der Waals surface area (Å²) >= 11 is 0. The quantitative estimate of drug-likeness (QED) is 0.489. The zero-order valence-corrected chi connectivity index (χ0v) is 15.6. The van der Waals surface area contributed by atoms with E-state index < -0.39 is 0 Å². The smallest absolute Gasteiger partial charge is 0.290 e. The Morgan fingerprint density at radius 1 is 1.00 bits per heavy atom. The maximum absolute atomic E-state index is 13.0. The number of benzene rings is 1. The Kier molecular flexibility index (Phi) is 3.61. The summed E-state index contributed by atoms with van der Waals surface area (Å²) in [5.74, 6) is 0.759. The molecule has 0 aliphatic carbocycles. The standard InChI is InChI=1S/C21H18N6O/c1-3-25-18-5-4-10-22-20(18)26(21(25)28)16-7-8-17-15(11-16)13-24-27(17)19-9-6-14(2)12-23-19/h4-13H,3H2,1-2H3. The van der Waals surface area contributed by atoms with E-state index in [0.717, 1.165) is 33.5 Å². The van der Waals surface area contributed by atoms with Crippen molar-refractivity contribution in [3.63, 3.8) is 0 Å². The van der Waals surface area contributed by atoms with Crippen molar-refractivity contribution in [1.82, 2.24) is 28.9 Å². The van der Waals surface area contributed by atoms with Crippen LogP contribution >= 0.6 is 0 Å². The van der Waals surface area contributed by atoms with E-state index in [2.05, 4.69) is 15.1 Å². The van der Waals surface area contributed by atoms with E-state index in [0.29, 0.717) is 12.2 Å². The van der Waals surface area contributed by atoms with Crippen molar-refractivity contribution in [1.29, 1.82) is 0 Å². The molecule has 0 bridgehead atoms. The van der Waals surface area contributed by atoms with E-state index in [9.17, 15) is 4.79 Å². The van der Waals surface area contributed by atoms with Gasteiger partial charge in [0.25, 0.3) is 0 Å². The van der Waals surface area contributed by atoms with Crippen LogP contribution in [0.1, 0.15) is 12.5 Å². The molecule has 4 aromatic heterocycles. The van der Waals surface area contributed by atoms with E-state index in [1.54, 1.807) is 26.2 Å². The summed E-state index contributed by atoms with van der Waals surface area (Å²) in [5, 5.41) is 5.41. The second-order valence-electron chi connectivity index (χ2n) is 6.70. The number of fused-ring (bicyclic) bond motifs is 2. The molecule has 0 radical (unpaired) electrons. The minimum atomic E-state index is -0.0943. The van der Waals surface area contributed by atoms with Gasteiger partial charge in [-0.05, 0) is 55.8 Å². The molecule has 138 valence electrons. The third-order valence-corrected chi connectivity index (χ3v) is 4.93. The first-order valence-electron chi connectivity index (χ1n) is 9.15. The van der Waals surface area contributed by atoms with Crippen molar-refractivity contribution < 1.29 is 0 Å². The third-order valence-electron chi connectivity index (χ3n) is 4.93. The highest BCUT2D eigenvalue weighted by molar-refractivity contribution is 5.83. The Hall–Kier alpha value is -3.74. The monoisotopic (exact) mass is 370 g/mol. The summed E-state index contributed by atoms with van der Waals surface area (Å²) in [6.45, 7) is 4.55. The van der Waals surface area contributed by atoms with Gasteiger partial charge in [-0.2, -0.15) is 5.10 Å². The second-order valence-corrected chi connectivity index (χ2v) is 6.70. The molecule has 0 atom stereocenters. The number of aryl methyl sites for hydroxylation is 2. The van der Waals surface area contributed by atoms with Crippen molar-refractivity contribution in [2.45, 2.75) is 20.4 Å². The van der Waals surface area contributed by atoms with Gasteiger partial charge in [0.15, 0.2) is 11.5 Å². The highest BCUT2D eigenvalue weighted by Gasteiger charge is 2.15. The first-order chi connectivity index (χ1) is 13.7. The molecule has 0 N–H and O–H groups in total. The summed E-state index contributed by atoms with van der Waals surface area (Å²) in [6, 6.07) is 13.6. The fourth-order valence-electron chi connectivity index (χ4n) is 3.55. The molecule has 0 amide bonds. The molecule has 0 unspecified atom stereocenters. The number of hydrogen-bond acceptors (Lipinski definition) is 4. The fourth-order valence-corrected chi connectivity index (χ4v) is 3.55. The summed E-state index contributed by atoms with van der Waals surface area (Å²) in [5.41, 5.74) is 4.19. The molecule has 0 aliphatic heterocycles. The number of rotatable bonds is 3. The van der Waals surface area contributed by atoms with E-state index in [1.165, 1.54) is 0 Å². The van der Waals surface area contributed by atoms with Gasteiger partial charge >= 0.3 is 5.69 Å². The number of aromatic nitrogens is 6. The van der Waals surface area contributed by atoms with Crippen molar-refractivity contribution in [2.75, 3.05) is 0 Å². The maximum atomic E-state index is 13.0. The van der Waals surface area contributed by atoms with Crippen LogP contribution in [0.4, 0.5) is 0 Å². The van der Waals surface area contributed by atoms with Crippen LogP contribution in [0.5, 0.6) is 0 Å². The lowest BCUT2D eigenvalue weighted by molar-refractivity contribution is 0.734. The maximum Gasteiger partial charge on any atom is 0.334 e. The molecule has 0 saturated carbocycles. The lowest BCUT2D eigenvalue weighted by Gasteiger charge is -2.05. The van der Waals surface area contributed by atoms with Crippen molar-refractivity contribution in [2.24, 2.45) is 0 Å². The molecule has 0 saturated heterocycles. The first kappa shape index (κ1) is 16.4. The number of nitrogens with zero attached hydrogens (tertiary/aromatic N) is 6. The summed E-state index contributed by atoms with van der Waals surface area (Å²) in [6.07, 6.45) is 5.32. The third kappa shape index (κ3) is 2.36. The van der Waals surface area contributed by atoms with Gasteiger partial charge in [0, 0.05) is 24.3 Å². The predicted octanol–water partition coefficient (Wildman–Crippen LogP) is 3.25. The molecule has 4 heterocycles. The SMILES string of the molecule is CCn1c(=O)n(-c2ccc3c(cnn3-c3ccc(C)cn3)c2)c2ncccc21. The van der Waals surface area contributed by atoms with E-state index in [4.69, 9.17) is 0 Å². The predicted molar refractivity (Wildman–Crippen MR) is 108 cm³/mol. The minimum absolute atomic E-state index is 0.0943. The molecule has 7 nitrogen and oxygen atoms in total. The van der Waals surface area contributed by atoms with Gasteiger partial charge in [-0.1, -0.05) is 6.07 Å². The second kappa shape index (κ2) is 6.16. The van der Waals surface area contributed by atoms with Crippen molar-refractivity contribution in [3.8, 4) is 11.5 Å². The molecule has 1 aromatic carbocycles. The molecule has 5 aromatic rings. The van der Waals surface area contributed by atoms with Crippen LogP contribution in [0.25, 0.3) is 33.6 Å². The molecule has 0 fully saturated rings. The molecule has 5 rings (SSSR count). The first-order valence-corrected chi connectivity index (χ1v) is 9.15. The van der Waals surface area contributed by atoms with Crippen molar-refractivity contribution in [3.05, 3.63) is 77.1 Å². The highest BCUT2D eigenvalue weighted by atomic mass is 16.1. The molecule has 7 heteroatoms. The van der Waals surface area contributed by atoms with E-state index in [1.807, 2.05) is 62.5 Å². The van der Waals surface area contributed by atoms with Gasteiger partial charge in [0.05, 0.1) is 22.9 Å². The van der Waals surface area contributed by atoms with E-state index >= 15 is 0 Å². The zero-order valence-electron chi connectivity index (χ0n) is 15.6. The van der Waals surface area contributed by atoms with Crippen LogP contribution < -0.4 is 5.69 Å². The van der Waals surface area contributed by atoms with Gasteiger partial charge < -0.3 is 0 Å². The van der Waals surface area contributed by atoms with Gasteiger partial charge in [-0.3, -0.25) is 4.57 Å². The van der Waals surface area contributed by atoms with Crippen molar-refractivity contribution >= 4 is 22.1 Å². The average molecular weight is 370 g/mol. The summed E-state index contributed by atoms with van der Waals surface area (Å²) in [4.78, 5) is 21.9. The lowest BCUT2D eigenvalue weighted by Crippen LogP contribution is -2.22. The normalized spacial score (nSPS) is 11.5. The highest BCUT2D eigenvalue weighted by Crippen LogP contribution is 2.22. The minimum Gasteiger partial charge on any atom is -0.290 e. The lowest BCUT2D eigenvalue weighted by atomic mass is 10.2. The molecular weight excluding hydrogens is 352 g/mol. The Bertz CT molecular complexity index is 1370. The van der Waals surface area contributed by atoms with Crippen LogP contribution in [0.3, 0.4) is 0 Å². The van der Waals surface area contributed by atoms with Gasteiger partial charge in [-0.15, -0.1) is 0 Å². The number of hydrogen-bond donors (Lipinski definition) is 0. The Morgan fingerprint density at radius 2 is 1.89 bits per heavy atom. The van der Waals surface area contributed by atoms with Crippen LogP contribution in [-0.2, 0) is 6.54 Å². The zero-order chi connectivity index (χ0) is 19.3. The summed E-state index contributed by atoms with van der Waals surface area (Å²) in [7, 11) is 0. The van der Waals surface area contributed by atoms with Crippen LogP contribution in [0.15, 0.2) is 65.8 Å². The van der Waals surface area contributed by atoms with Crippen LogP contribution in [0, 0.1) is 6.92 Å². The van der Waals surface area contributed by atoms with Crippen LogP contribution in [0.2, 0.25) is 0 Å². The van der Waals surface area contributed by atoms with Gasteiger partial charge in [-0.25, -0.2) is 24.0 Å². The number of pyridine rings is 2. The topological polar surface area (TPSA) is 70.5 Å². The Balaban J connectivity index is 1.70. The molecule has 0 aliphatic rings. The average Bonchev–Trinajstić information content (AvgIpc) is 3.26. The fraction of sp³-hybridized carbons (Fsp3) is 0.143. The van der Waals surface area contributed by atoms with Gasteiger partial charge in [0.1, 0.15) is 0 Å². The molecular formula is C21H18N6O. The Morgan fingerprint density at radius 3 is 2.68 bits per heavy atom.